The molecular weight excluding hydrogens is 374 g/mol. The Labute approximate surface area is 165 Å². The van der Waals surface area contributed by atoms with Crippen molar-refractivity contribution in [1.82, 2.24) is 9.73 Å². The second-order valence-electron chi connectivity index (χ2n) is 6.26. The van der Waals surface area contributed by atoms with Crippen molar-refractivity contribution in [1.29, 1.82) is 0 Å². The van der Waals surface area contributed by atoms with Crippen LogP contribution >= 0.6 is 0 Å². The highest BCUT2D eigenvalue weighted by atomic mass is 32.2. The zero-order chi connectivity index (χ0) is 20.1. The fourth-order valence-electron chi connectivity index (χ4n) is 2.59. The van der Waals surface area contributed by atoms with Gasteiger partial charge >= 0.3 is 0 Å². The molecule has 7 heteroatoms. The van der Waals surface area contributed by atoms with Crippen LogP contribution in [-0.2, 0) is 10.0 Å². The van der Waals surface area contributed by atoms with Crippen molar-refractivity contribution in [2.45, 2.75) is 4.90 Å². The fourth-order valence-corrected chi connectivity index (χ4v) is 3.49. The molecule has 6 nitrogen and oxygen atoms in total. The topological polar surface area (TPSA) is 69.7 Å². The largest absolute Gasteiger partial charge is 0.270 e. The highest BCUT2D eigenvalue weighted by Crippen LogP contribution is 2.23. The Morgan fingerprint density at radius 2 is 1.21 bits per heavy atom. The number of benzene rings is 3. The Morgan fingerprint density at radius 3 is 1.64 bits per heavy atom. The SMILES string of the molecule is CN(C)S(=O)(=O)c1ccc(C(=O)NN(c2ccccc2)c2ccccc2)cc1. The normalized spacial score (nSPS) is 11.2. The number of carbonyl (C=O) groups is 1. The summed E-state index contributed by atoms with van der Waals surface area (Å²) in [7, 11) is -0.606. The number of nitrogens with zero attached hydrogens (tertiary/aromatic N) is 2. The van der Waals surface area contributed by atoms with E-state index in [1.165, 1.54) is 38.4 Å². The summed E-state index contributed by atoms with van der Waals surface area (Å²) in [4.78, 5) is 12.9. The standard InChI is InChI=1S/C21H21N3O3S/c1-23(2)28(26,27)20-15-13-17(14-16-20)21(25)22-24(18-9-5-3-6-10-18)19-11-7-4-8-12-19/h3-16H,1-2H3,(H,22,25). The first-order chi connectivity index (χ1) is 13.4. The molecule has 1 N–H and O–H groups in total. The first-order valence-electron chi connectivity index (χ1n) is 8.63. The van der Waals surface area contributed by atoms with Gasteiger partial charge in [-0.3, -0.25) is 15.2 Å². The average Bonchev–Trinajstić information content (AvgIpc) is 2.73. The van der Waals surface area contributed by atoms with Crippen LogP contribution in [0.2, 0.25) is 0 Å². The lowest BCUT2D eigenvalue weighted by Crippen LogP contribution is -2.38. The lowest BCUT2D eigenvalue weighted by molar-refractivity contribution is 0.0953. The number of nitrogens with one attached hydrogen (secondary N) is 1. The van der Waals surface area contributed by atoms with Crippen LogP contribution in [0, 0.1) is 0 Å². The molecule has 3 aromatic carbocycles. The van der Waals surface area contributed by atoms with Gasteiger partial charge < -0.3 is 0 Å². The molecule has 0 bridgehead atoms. The van der Waals surface area contributed by atoms with Gasteiger partial charge in [-0.25, -0.2) is 12.7 Å². The van der Waals surface area contributed by atoms with E-state index in [4.69, 9.17) is 0 Å². The Hall–Kier alpha value is -3.16. The highest BCUT2D eigenvalue weighted by molar-refractivity contribution is 7.89. The minimum atomic E-state index is -3.54. The van der Waals surface area contributed by atoms with Gasteiger partial charge in [-0.15, -0.1) is 0 Å². The zero-order valence-electron chi connectivity index (χ0n) is 15.6. The van der Waals surface area contributed by atoms with Crippen LogP contribution < -0.4 is 10.4 Å². The van der Waals surface area contributed by atoms with Gasteiger partial charge in [0.05, 0.1) is 16.3 Å². The number of para-hydroxylation sites is 2. The van der Waals surface area contributed by atoms with Crippen molar-refractivity contribution >= 4 is 27.3 Å². The molecular formula is C21H21N3O3S. The first kappa shape index (κ1) is 19.6. The van der Waals surface area contributed by atoms with Crippen molar-refractivity contribution in [3.63, 3.8) is 0 Å². The molecule has 0 aliphatic heterocycles. The number of carbonyl (C=O) groups excluding carboxylic acids is 1. The minimum Gasteiger partial charge on any atom is -0.267 e. The number of amides is 1. The summed E-state index contributed by atoms with van der Waals surface area (Å²) < 4.78 is 25.5. The molecule has 1 amide bonds. The van der Waals surface area contributed by atoms with Crippen LogP contribution in [0.15, 0.2) is 89.8 Å². The second kappa shape index (κ2) is 8.24. The molecule has 0 heterocycles. The van der Waals surface area contributed by atoms with E-state index >= 15 is 0 Å². The van der Waals surface area contributed by atoms with Gasteiger partial charge in [0.25, 0.3) is 5.91 Å². The van der Waals surface area contributed by atoms with Gasteiger partial charge in [-0.05, 0) is 48.5 Å². The Bertz CT molecular complexity index is 996. The maximum atomic E-state index is 12.8. The molecule has 0 atom stereocenters. The van der Waals surface area contributed by atoms with Gasteiger partial charge in [0, 0.05) is 19.7 Å². The van der Waals surface area contributed by atoms with E-state index in [0.29, 0.717) is 5.56 Å². The average molecular weight is 395 g/mol. The lowest BCUT2D eigenvalue weighted by Gasteiger charge is -2.25. The summed E-state index contributed by atoms with van der Waals surface area (Å²) in [5, 5.41) is 1.69. The second-order valence-corrected chi connectivity index (χ2v) is 8.41. The van der Waals surface area contributed by atoms with Gasteiger partial charge in [0.15, 0.2) is 0 Å². The highest BCUT2D eigenvalue weighted by Gasteiger charge is 2.18. The predicted octanol–water partition coefficient (Wildman–Crippen LogP) is 3.42. The quantitative estimate of drug-likeness (QED) is 0.650. The Morgan fingerprint density at radius 1 is 0.750 bits per heavy atom. The van der Waals surface area contributed by atoms with Crippen LogP contribution in [0.5, 0.6) is 0 Å². The summed E-state index contributed by atoms with van der Waals surface area (Å²) in [6, 6.07) is 24.8. The molecule has 0 aliphatic rings. The summed E-state index contributed by atoms with van der Waals surface area (Å²) in [6.07, 6.45) is 0. The van der Waals surface area contributed by atoms with Gasteiger partial charge in [0.2, 0.25) is 10.0 Å². The molecule has 3 aromatic rings. The molecule has 0 radical (unpaired) electrons. The van der Waals surface area contributed by atoms with E-state index in [9.17, 15) is 13.2 Å². The maximum Gasteiger partial charge on any atom is 0.270 e. The molecule has 0 aromatic heterocycles. The van der Waals surface area contributed by atoms with Crippen molar-refractivity contribution in [2.75, 3.05) is 19.1 Å². The summed E-state index contributed by atoms with van der Waals surface area (Å²) in [5.41, 5.74) is 4.84. The number of hydrogen-bond donors (Lipinski definition) is 1. The molecule has 144 valence electrons. The third kappa shape index (κ3) is 4.21. The summed E-state index contributed by atoms with van der Waals surface area (Å²) in [5.74, 6) is -0.346. The third-order valence-electron chi connectivity index (χ3n) is 4.14. The third-order valence-corrected chi connectivity index (χ3v) is 5.97. The monoisotopic (exact) mass is 395 g/mol. The molecule has 0 spiro atoms. The fraction of sp³-hybridized carbons (Fsp3) is 0.0952. The lowest BCUT2D eigenvalue weighted by atomic mass is 10.2. The van der Waals surface area contributed by atoms with Gasteiger partial charge in [-0.1, -0.05) is 36.4 Å². The molecule has 0 unspecified atom stereocenters. The van der Waals surface area contributed by atoms with E-state index in [2.05, 4.69) is 5.43 Å². The predicted molar refractivity (Wildman–Crippen MR) is 110 cm³/mol. The summed E-state index contributed by atoms with van der Waals surface area (Å²) >= 11 is 0. The number of hydrazine groups is 1. The van der Waals surface area contributed by atoms with E-state index in [1.807, 2.05) is 60.7 Å². The number of rotatable bonds is 6. The zero-order valence-corrected chi connectivity index (χ0v) is 16.4. The van der Waals surface area contributed by atoms with Crippen molar-refractivity contribution in [3.8, 4) is 0 Å². The molecule has 0 saturated carbocycles. The van der Waals surface area contributed by atoms with Crippen LogP contribution in [0.1, 0.15) is 10.4 Å². The number of hydrogen-bond acceptors (Lipinski definition) is 4. The molecule has 0 saturated heterocycles. The van der Waals surface area contributed by atoms with Crippen molar-refractivity contribution < 1.29 is 13.2 Å². The van der Waals surface area contributed by atoms with Gasteiger partial charge in [0.1, 0.15) is 0 Å². The molecule has 0 aliphatic carbocycles. The molecule has 3 rings (SSSR count). The van der Waals surface area contributed by atoms with Gasteiger partial charge in [-0.2, -0.15) is 0 Å². The van der Waals surface area contributed by atoms with E-state index in [-0.39, 0.29) is 10.8 Å². The van der Waals surface area contributed by atoms with Crippen LogP contribution in [0.3, 0.4) is 0 Å². The van der Waals surface area contributed by atoms with E-state index in [0.717, 1.165) is 15.7 Å². The Balaban J connectivity index is 1.87. The maximum absolute atomic E-state index is 12.8. The smallest absolute Gasteiger partial charge is 0.267 e. The number of sulfonamides is 1. The first-order valence-corrected chi connectivity index (χ1v) is 10.1. The molecule has 28 heavy (non-hydrogen) atoms. The number of anilines is 2. The van der Waals surface area contributed by atoms with E-state index in [1.54, 1.807) is 5.01 Å². The van der Waals surface area contributed by atoms with Crippen molar-refractivity contribution in [2.24, 2.45) is 0 Å². The van der Waals surface area contributed by atoms with Crippen molar-refractivity contribution in [3.05, 3.63) is 90.5 Å². The van der Waals surface area contributed by atoms with Crippen LogP contribution in [0.25, 0.3) is 0 Å². The van der Waals surface area contributed by atoms with E-state index < -0.39 is 10.0 Å². The van der Waals surface area contributed by atoms with Crippen LogP contribution in [0.4, 0.5) is 11.4 Å². The Kier molecular flexibility index (Phi) is 5.77. The molecule has 0 fully saturated rings. The summed E-state index contributed by atoms with van der Waals surface area (Å²) in [6.45, 7) is 0. The van der Waals surface area contributed by atoms with Crippen LogP contribution in [-0.4, -0.2) is 32.7 Å². The minimum absolute atomic E-state index is 0.136.